The van der Waals surface area contributed by atoms with Gasteiger partial charge in [0.25, 0.3) is 0 Å². The molecule has 0 unspecified atom stereocenters. The molecule has 2 amide bonds. The number of hydrogen-bond acceptors (Lipinski definition) is 3. The maximum absolute atomic E-state index is 11.9. The highest BCUT2D eigenvalue weighted by molar-refractivity contribution is 6.40. The Balaban J connectivity index is 2.09. The lowest BCUT2D eigenvalue weighted by atomic mass is 10.1. The van der Waals surface area contributed by atoms with Gasteiger partial charge in [0.1, 0.15) is 5.75 Å². The first-order valence-electron chi connectivity index (χ1n) is 7.29. The van der Waals surface area contributed by atoms with Gasteiger partial charge in [0, 0.05) is 23.0 Å². The van der Waals surface area contributed by atoms with Crippen LogP contribution in [0, 0.1) is 5.92 Å². The van der Waals surface area contributed by atoms with E-state index in [1.165, 1.54) is 0 Å². The highest BCUT2D eigenvalue weighted by atomic mass is 16.3. The highest BCUT2D eigenvalue weighted by Gasteiger charge is 2.14. The smallest absolute Gasteiger partial charge is 0.313 e. The molecule has 0 radical (unpaired) electrons. The number of anilines is 1. The second-order valence-electron chi connectivity index (χ2n) is 5.57. The lowest BCUT2D eigenvalue weighted by molar-refractivity contribution is -0.136. The first-order chi connectivity index (χ1) is 10.5. The minimum absolute atomic E-state index is 0.134. The SMILES string of the molecule is CC(C)CCNC(=O)C(=O)Nc1cccc2c(O)cccc12. The Morgan fingerprint density at radius 1 is 1.05 bits per heavy atom. The molecule has 2 aromatic rings. The van der Waals surface area contributed by atoms with Gasteiger partial charge < -0.3 is 15.7 Å². The lowest BCUT2D eigenvalue weighted by Gasteiger charge is -2.10. The van der Waals surface area contributed by atoms with Crippen molar-refractivity contribution in [2.75, 3.05) is 11.9 Å². The van der Waals surface area contributed by atoms with Crippen LogP contribution in [0.4, 0.5) is 5.69 Å². The Kier molecular flexibility index (Phi) is 4.99. The summed E-state index contributed by atoms with van der Waals surface area (Å²) in [5.41, 5.74) is 0.498. The van der Waals surface area contributed by atoms with Crippen LogP contribution < -0.4 is 10.6 Å². The summed E-state index contributed by atoms with van der Waals surface area (Å²) in [6.45, 7) is 4.57. The Hall–Kier alpha value is -2.56. The van der Waals surface area contributed by atoms with Crippen LogP contribution in [0.2, 0.25) is 0 Å². The van der Waals surface area contributed by atoms with Crippen molar-refractivity contribution >= 4 is 28.3 Å². The van der Waals surface area contributed by atoms with Gasteiger partial charge in [0.05, 0.1) is 0 Å². The largest absolute Gasteiger partial charge is 0.507 e. The molecule has 116 valence electrons. The van der Waals surface area contributed by atoms with Gasteiger partial charge >= 0.3 is 11.8 Å². The van der Waals surface area contributed by atoms with E-state index < -0.39 is 11.8 Å². The fourth-order valence-corrected chi connectivity index (χ4v) is 2.14. The van der Waals surface area contributed by atoms with E-state index in [0.717, 1.165) is 6.42 Å². The second-order valence-corrected chi connectivity index (χ2v) is 5.57. The van der Waals surface area contributed by atoms with Crippen LogP contribution in [0.3, 0.4) is 0 Å². The highest BCUT2D eigenvalue weighted by Crippen LogP contribution is 2.29. The maximum Gasteiger partial charge on any atom is 0.313 e. The van der Waals surface area contributed by atoms with Gasteiger partial charge in [0.2, 0.25) is 0 Å². The Labute approximate surface area is 129 Å². The molecular formula is C17H20N2O3. The fourth-order valence-electron chi connectivity index (χ4n) is 2.14. The molecular weight excluding hydrogens is 280 g/mol. The number of aromatic hydroxyl groups is 1. The zero-order valence-corrected chi connectivity index (χ0v) is 12.7. The summed E-state index contributed by atoms with van der Waals surface area (Å²) in [5, 5.41) is 16.3. The molecule has 0 aromatic heterocycles. The average molecular weight is 300 g/mol. The zero-order valence-electron chi connectivity index (χ0n) is 12.7. The summed E-state index contributed by atoms with van der Waals surface area (Å²) < 4.78 is 0. The molecule has 22 heavy (non-hydrogen) atoms. The number of fused-ring (bicyclic) bond motifs is 1. The predicted octanol–water partition coefficient (Wildman–Crippen LogP) is 2.65. The summed E-state index contributed by atoms with van der Waals surface area (Å²) in [4.78, 5) is 23.7. The first-order valence-corrected chi connectivity index (χ1v) is 7.29. The normalized spacial score (nSPS) is 10.7. The van der Waals surface area contributed by atoms with Crippen LogP contribution in [0.1, 0.15) is 20.3 Å². The molecule has 0 aliphatic carbocycles. The topological polar surface area (TPSA) is 78.4 Å². The number of nitrogens with one attached hydrogen (secondary N) is 2. The Bertz CT molecular complexity index is 695. The quantitative estimate of drug-likeness (QED) is 0.760. The fraction of sp³-hybridized carbons (Fsp3) is 0.294. The van der Waals surface area contributed by atoms with E-state index in [0.29, 0.717) is 28.9 Å². The van der Waals surface area contributed by atoms with Crippen molar-refractivity contribution in [3.05, 3.63) is 36.4 Å². The van der Waals surface area contributed by atoms with E-state index in [-0.39, 0.29) is 5.75 Å². The molecule has 0 atom stereocenters. The number of rotatable bonds is 4. The van der Waals surface area contributed by atoms with Crippen molar-refractivity contribution in [3.8, 4) is 5.75 Å². The van der Waals surface area contributed by atoms with E-state index in [2.05, 4.69) is 24.5 Å². The standard InChI is InChI=1S/C17H20N2O3/c1-11(2)9-10-18-16(21)17(22)19-14-7-3-6-13-12(14)5-4-8-15(13)20/h3-8,11,20H,9-10H2,1-2H3,(H,18,21)(H,19,22). The van der Waals surface area contributed by atoms with Crippen LogP contribution in [0.5, 0.6) is 5.75 Å². The summed E-state index contributed by atoms with van der Waals surface area (Å²) in [7, 11) is 0. The van der Waals surface area contributed by atoms with E-state index in [4.69, 9.17) is 0 Å². The molecule has 0 fully saturated rings. The molecule has 2 rings (SSSR count). The van der Waals surface area contributed by atoms with Crippen molar-refractivity contribution < 1.29 is 14.7 Å². The van der Waals surface area contributed by atoms with Crippen molar-refractivity contribution in [3.63, 3.8) is 0 Å². The van der Waals surface area contributed by atoms with Gasteiger partial charge in [-0.1, -0.05) is 38.1 Å². The van der Waals surface area contributed by atoms with E-state index in [1.807, 2.05) is 0 Å². The molecule has 3 N–H and O–H groups in total. The molecule has 0 spiro atoms. The second kappa shape index (κ2) is 6.93. The van der Waals surface area contributed by atoms with Crippen molar-refractivity contribution in [2.24, 2.45) is 5.92 Å². The Morgan fingerprint density at radius 3 is 2.45 bits per heavy atom. The van der Waals surface area contributed by atoms with Crippen LogP contribution >= 0.6 is 0 Å². The monoisotopic (exact) mass is 300 g/mol. The van der Waals surface area contributed by atoms with Crippen molar-refractivity contribution in [1.82, 2.24) is 5.32 Å². The van der Waals surface area contributed by atoms with Gasteiger partial charge in [-0.15, -0.1) is 0 Å². The third-order valence-corrected chi connectivity index (χ3v) is 3.36. The molecule has 5 heteroatoms. The predicted molar refractivity (Wildman–Crippen MR) is 86.7 cm³/mol. The van der Waals surface area contributed by atoms with E-state index in [9.17, 15) is 14.7 Å². The molecule has 0 aliphatic heterocycles. The number of benzene rings is 2. The van der Waals surface area contributed by atoms with Crippen molar-refractivity contribution in [2.45, 2.75) is 20.3 Å². The van der Waals surface area contributed by atoms with Gasteiger partial charge in [0.15, 0.2) is 0 Å². The molecule has 0 saturated carbocycles. The Morgan fingerprint density at radius 2 is 1.73 bits per heavy atom. The average Bonchev–Trinajstić information content (AvgIpc) is 2.47. The molecule has 2 aromatic carbocycles. The molecule has 0 bridgehead atoms. The maximum atomic E-state index is 11.9. The summed E-state index contributed by atoms with van der Waals surface area (Å²) >= 11 is 0. The number of carbonyl (C=O) groups is 2. The van der Waals surface area contributed by atoms with Crippen LogP contribution in [0.15, 0.2) is 36.4 Å². The minimum Gasteiger partial charge on any atom is -0.507 e. The van der Waals surface area contributed by atoms with Crippen LogP contribution in [-0.4, -0.2) is 23.5 Å². The summed E-state index contributed by atoms with van der Waals surface area (Å²) in [6.07, 6.45) is 0.821. The van der Waals surface area contributed by atoms with Crippen LogP contribution in [-0.2, 0) is 9.59 Å². The third kappa shape index (κ3) is 3.75. The van der Waals surface area contributed by atoms with Gasteiger partial charge in [-0.25, -0.2) is 0 Å². The summed E-state index contributed by atoms with van der Waals surface area (Å²) in [6, 6.07) is 10.2. The van der Waals surface area contributed by atoms with Gasteiger partial charge in [-0.05, 0) is 24.5 Å². The summed E-state index contributed by atoms with van der Waals surface area (Å²) in [5.74, 6) is -0.767. The van der Waals surface area contributed by atoms with Crippen molar-refractivity contribution in [1.29, 1.82) is 0 Å². The van der Waals surface area contributed by atoms with Gasteiger partial charge in [-0.3, -0.25) is 9.59 Å². The van der Waals surface area contributed by atoms with E-state index >= 15 is 0 Å². The van der Waals surface area contributed by atoms with Crippen LogP contribution in [0.25, 0.3) is 10.8 Å². The molecule has 0 heterocycles. The third-order valence-electron chi connectivity index (χ3n) is 3.36. The number of hydrogen-bond donors (Lipinski definition) is 3. The number of amides is 2. The number of phenolic OH excluding ortho intramolecular Hbond substituents is 1. The molecule has 0 aliphatic rings. The van der Waals surface area contributed by atoms with E-state index in [1.54, 1.807) is 36.4 Å². The zero-order chi connectivity index (χ0) is 16.1. The number of carbonyl (C=O) groups excluding carboxylic acids is 2. The molecule has 5 nitrogen and oxygen atoms in total. The minimum atomic E-state index is -0.709. The lowest BCUT2D eigenvalue weighted by Crippen LogP contribution is -2.36. The first kappa shape index (κ1) is 15.8. The molecule has 0 saturated heterocycles. The van der Waals surface area contributed by atoms with Gasteiger partial charge in [-0.2, -0.15) is 0 Å². The number of phenols is 1.